The molecule has 0 spiro atoms. The van der Waals surface area contributed by atoms with Crippen LogP contribution in [0.25, 0.3) is 22.1 Å². The van der Waals surface area contributed by atoms with E-state index < -0.39 is 0 Å². The number of aryl methyl sites for hydroxylation is 1. The van der Waals surface area contributed by atoms with Gasteiger partial charge < -0.3 is 4.42 Å². The molecule has 19 heavy (non-hydrogen) atoms. The lowest BCUT2D eigenvalue weighted by Gasteiger charge is -2.08. The van der Waals surface area contributed by atoms with Crippen molar-refractivity contribution in [3.63, 3.8) is 0 Å². The van der Waals surface area contributed by atoms with Crippen molar-refractivity contribution in [2.75, 3.05) is 0 Å². The molecule has 1 nitrogen and oxygen atoms in total. The highest BCUT2D eigenvalue weighted by Gasteiger charge is 2.10. The van der Waals surface area contributed by atoms with Gasteiger partial charge in [0.05, 0.1) is 0 Å². The average molecular weight is 287 g/mol. The zero-order valence-electron chi connectivity index (χ0n) is 10.3. The normalized spacial score (nSPS) is 10.8. The standard InChI is InChI=1S/C16H11ClOS/c1-10-13-4-2-3-5-14(13)16(19)18-15(10)11-6-8-12(17)9-7-11/h2-9H,1H3. The largest absolute Gasteiger partial charge is 0.444 e. The highest BCUT2D eigenvalue weighted by molar-refractivity contribution is 7.71. The van der Waals surface area contributed by atoms with Gasteiger partial charge in [0.15, 0.2) is 4.71 Å². The summed E-state index contributed by atoms with van der Waals surface area (Å²) in [4.78, 5) is 0. The number of rotatable bonds is 1. The van der Waals surface area contributed by atoms with E-state index in [9.17, 15) is 0 Å². The minimum Gasteiger partial charge on any atom is -0.444 e. The van der Waals surface area contributed by atoms with E-state index >= 15 is 0 Å². The Morgan fingerprint density at radius 3 is 2.26 bits per heavy atom. The van der Waals surface area contributed by atoms with Crippen LogP contribution >= 0.6 is 23.8 Å². The van der Waals surface area contributed by atoms with Gasteiger partial charge in [-0.25, -0.2) is 0 Å². The van der Waals surface area contributed by atoms with Gasteiger partial charge in [-0.15, -0.1) is 0 Å². The van der Waals surface area contributed by atoms with Crippen LogP contribution in [0.1, 0.15) is 5.56 Å². The summed E-state index contributed by atoms with van der Waals surface area (Å²) in [6.45, 7) is 2.05. The molecule has 3 aromatic rings. The van der Waals surface area contributed by atoms with E-state index in [4.69, 9.17) is 28.2 Å². The van der Waals surface area contributed by atoms with Crippen LogP contribution in [0.3, 0.4) is 0 Å². The van der Waals surface area contributed by atoms with Crippen LogP contribution in [0.4, 0.5) is 0 Å². The lowest BCUT2D eigenvalue weighted by molar-refractivity contribution is 0.554. The van der Waals surface area contributed by atoms with E-state index in [-0.39, 0.29) is 0 Å². The van der Waals surface area contributed by atoms with E-state index in [1.165, 1.54) is 0 Å². The minimum atomic E-state index is 0.520. The van der Waals surface area contributed by atoms with Gasteiger partial charge in [-0.3, -0.25) is 0 Å². The summed E-state index contributed by atoms with van der Waals surface area (Å²) in [5.41, 5.74) is 2.07. The first-order valence-electron chi connectivity index (χ1n) is 5.95. The molecule has 3 rings (SSSR count). The maximum Gasteiger partial charge on any atom is 0.198 e. The number of halogens is 1. The van der Waals surface area contributed by atoms with Crippen molar-refractivity contribution in [3.8, 4) is 11.3 Å². The van der Waals surface area contributed by atoms with Crippen molar-refractivity contribution in [1.29, 1.82) is 0 Å². The van der Waals surface area contributed by atoms with E-state index in [2.05, 4.69) is 6.07 Å². The van der Waals surface area contributed by atoms with Crippen LogP contribution < -0.4 is 0 Å². The molecule has 0 amide bonds. The molecule has 0 atom stereocenters. The van der Waals surface area contributed by atoms with Crippen molar-refractivity contribution < 1.29 is 4.42 Å². The van der Waals surface area contributed by atoms with Gasteiger partial charge in [0, 0.05) is 21.5 Å². The van der Waals surface area contributed by atoms with Crippen LogP contribution in [0, 0.1) is 11.6 Å². The first kappa shape index (κ1) is 12.4. The second-order valence-electron chi connectivity index (χ2n) is 4.40. The van der Waals surface area contributed by atoms with Gasteiger partial charge in [0.25, 0.3) is 0 Å². The Kier molecular flexibility index (Phi) is 3.13. The second-order valence-corrected chi connectivity index (χ2v) is 5.20. The lowest BCUT2D eigenvalue weighted by Crippen LogP contribution is -1.87. The predicted octanol–water partition coefficient (Wildman–Crippen LogP) is 5.79. The number of hydrogen-bond donors (Lipinski definition) is 0. The van der Waals surface area contributed by atoms with Crippen LogP contribution in [0.15, 0.2) is 52.9 Å². The molecule has 0 aliphatic carbocycles. The van der Waals surface area contributed by atoms with Gasteiger partial charge in [0.1, 0.15) is 5.76 Å². The molecule has 0 saturated carbocycles. The number of hydrogen-bond acceptors (Lipinski definition) is 2. The molecule has 3 heteroatoms. The fourth-order valence-corrected chi connectivity index (χ4v) is 2.60. The molecule has 0 saturated heterocycles. The van der Waals surface area contributed by atoms with Crippen LogP contribution in [-0.2, 0) is 0 Å². The fourth-order valence-electron chi connectivity index (χ4n) is 2.21. The summed E-state index contributed by atoms with van der Waals surface area (Å²) in [5, 5.41) is 2.82. The topological polar surface area (TPSA) is 13.1 Å². The molecule has 0 bridgehead atoms. The van der Waals surface area contributed by atoms with Gasteiger partial charge in [-0.1, -0.05) is 29.8 Å². The Bertz CT molecular complexity index is 803. The van der Waals surface area contributed by atoms with Crippen molar-refractivity contribution in [1.82, 2.24) is 0 Å². The Hall–Kier alpha value is -1.64. The highest BCUT2D eigenvalue weighted by Crippen LogP contribution is 2.31. The summed E-state index contributed by atoms with van der Waals surface area (Å²) < 4.78 is 6.34. The maximum atomic E-state index is 5.91. The van der Waals surface area contributed by atoms with Gasteiger partial charge >= 0.3 is 0 Å². The van der Waals surface area contributed by atoms with E-state index in [0.29, 0.717) is 9.73 Å². The smallest absolute Gasteiger partial charge is 0.198 e. The molecular weight excluding hydrogens is 276 g/mol. The lowest BCUT2D eigenvalue weighted by atomic mass is 10.0. The van der Waals surface area contributed by atoms with E-state index in [0.717, 1.165) is 27.7 Å². The molecule has 2 aromatic carbocycles. The third-order valence-corrected chi connectivity index (χ3v) is 3.75. The van der Waals surface area contributed by atoms with Crippen LogP contribution in [-0.4, -0.2) is 0 Å². The van der Waals surface area contributed by atoms with Gasteiger partial charge in [0.2, 0.25) is 0 Å². The molecule has 0 unspecified atom stereocenters. The summed E-state index contributed by atoms with van der Waals surface area (Å²) in [5.74, 6) is 0.806. The van der Waals surface area contributed by atoms with E-state index in [1.807, 2.05) is 49.4 Å². The summed E-state index contributed by atoms with van der Waals surface area (Å²) in [6.07, 6.45) is 0. The number of benzene rings is 2. The molecular formula is C16H11ClOS. The Labute approximate surface area is 121 Å². The molecule has 0 N–H and O–H groups in total. The fraction of sp³-hybridized carbons (Fsp3) is 0.0625. The first-order chi connectivity index (χ1) is 9.16. The summed E-state index contributed by atoms with van der Waals surface area (Å²) in [6, 6.07) is 15.6. The van der Waals surface area contributed by atoms with Crippen LogP contribution in [0.5, 0.6) is 0 Å². The first-order valence-corrected chi connectivity index (χ1v) is 6.74. The SMILES string of the molecule is Cc1c(-c2ccc(Cl)cc2)oc(=S)c2ccccc12. The third-order valence-electron chi connectivity index (χ3n) is 3.19. The molecule has 0 aliphatic rings. The minimum absolute atomic E-state index is 0.520. The Balaban J connectivity index is 2.33. The van der Waals surface area contributed by atoms with Crippen molar-refractivity contribution in [2.24, 2.45) is 0 Å². The number of fused-ring (bicyclic) bond motifs is 1. The Morgan fingerprint density at radius 1 is 0.947 bits per heavy atom. The second kappa shape index (κ2) is 4.80. The third kappa shape index (κ3) is 2.18. The van der Waals surface area contributed by atoms with E-state index in [1.54, 1.807) is 0 Å². The zero-order chi connectivity index (χ0) is 13.4. The van der Waals surface area contributed by atoms with Gasteiger partial charge in [-0.05, 0) is 54.9 Å². The van der Waals surface area contributed by atoms with Crippen molar-refractivity contribution >= 4 is 34.6 Å². The van der Waals surface area contributed by atoms with Crippen LogP contribution in [0.2, 0.25) is 5.02 Å². The van der Waals surface area contributed by atoms with Gasteiger partial charge in [-0.2, -0.15) is 0 Å². The molecule has 0 fully saturated rings. The average Bonchev–Trinajstić information content (AvgIpc) is 2.44. The Morgan fingerprint density at radius 2 is 1.58 bits per heavy atom. The highest BCUT2D eigenvalue weighted by atomic mass is 35.5. The predicted molar refractivity (Wildman–Crippen MR) is 82.2 cm³/mol. The molecule has 94 valence electrons. The monoisotopic (exact) mass is 286 g/mol. The molecule has 0 aliphatic heterocycles. The van der Waals surface area contributed by atoms with Crippen molar-refractivity contribution in [3.05, 3.63) is 63.8 Å². The molecule has 0 radical (unpaired) electrons. The summed E-state index contributed by atoms with van der Waals surface area (Å²) >= 11 is 11.2. The van der Waals surface area contributed by atoms with Crippen molar-refractivity contribution in [2.45, 2.75) is 6.92 Å². The zero-order valence-corrected chi connectivity index (χ0v) is 11.9. The quantitative estimate of drug-likeness (QED) is 0.525. The molecule has 1 aromatic heterocycles. The summed E-state index contributed by atoms with van der Waals surface area (Å²) in [7, 11) is 0. The molecule has 1 heterocycles. The maximum absolute atomic E-state index is 5.91.